The lowest BCUT2D eigenvalue weighted by Crippen LogP contribution is -2.26. The van der Waals surface area contributed by atoms with Gasteiger partial charge in [-0.05, 0) is 67.4 Å². The van der Waals surface area contributed by atoms with Crippen LogP contribution in [0, 0.1) is 17.8 Å². The average molecular weight is 445 g/mol. The first-order valence-electron chi connectivity index (χ1n) is 11.2. The molecule has 0 radical (unpaired) electrons. The summed E-state index contributed by atoms with van der Waals surface area (Å²) in [5.41, 5.74) is 1.01. The van der Waals surface area contributed by atoms with E-state index in [0.29, 0.717) is 30.0 Å². The number of piperidine rings is 1. The highest BCUT2D eigenvalue weighted by molar-refractivity contribution is 5.88. The van der Waals surface area contributed by atoms with E-state index in [2.05, 4.69) is 12.2 Å². The Labute approximate surface area is 188 Å². The molecule has 1 aliphatic carbocycles. The molecule has 1 saturated carbocycles. The van der Waals surface area contributed by atoms with Gasteiger partial charge in [0, 0.05) is 31.4 Å². The fourth-order valence-corrected chi connectivity index (χ4v) is 4.39. The predicted molar refractivity (Wildman–Crippen MR) is 123 cm³/mol. The second kappa shape index (κ2) is 10.7. The van der Waals surface area contributed by atoms with Crippen LogP contribution in [0.3, 0.4) is 0 Å². The maximum Gasteiger partial charge on any atom is 0.416 e. The first-order valence-corrected chi connectivity index (χ1v) is 11.2. The smallest absolute Gasteiger partial charge is 0.371 e. The van der Waals surface area contributed by atoms with E-state index < -0.39 is 11.7 Å². The van der Waals surface area contributed by atoms with Gasteiger partial charge in [-0.3, -0.25) is 4.79 Å². The molecule has 2 aliphatic rings. The second-order valence-corrected chi connectivity index (χ2v) is 8.36. The largest absolute Gasteiger partial charge is 0.416 e. The van der Waals surface area contributed by atoms with E-state index in [1.165, 1.54) is 12.1 Å². The number of benzene rings is 1. The molecule has 0 spiro atoms. The minimum atomic E-state index is -4.32. The van der Waals surface area contributed by atoms with Crippen LogP contribution in [0.1, 0.15) is 32.3 Å². The molecular formula is C26H31F3N2O. The predicted octanol–water partition coefficient (Wildman–Crippen LogP) is 5.92. The van der Waals surface area contributed by atoms with Crippen molar-refractivity contribution in [2.75, 3.05) is 24.5 Å². The third-order valence-electron chi connectivity index (χ3n) is 6.14. The average Bonchev–Trinajstić information content (AvgIpc) is 3.20. The van der Waals surface area contributed by atoms with Gasteiger partial charge in [-0.1, -0.05) is 43.4 Å². The molecule has 172 valence electrons. The number of hydrogen-bond donors (Lipinski definition) is 1. The normalized spacial score (nSPS) is 23.5. The van der Waals surface area contributed by atoms with Gasteiger partial charge in [0.15, 0.2) is 0 Å². The fourth-order valence-electron chi connectivity index (χ4n) is 4.39. The Balaban J connectivity index is 1.41. The number of alkyl halides is 3. The minimum absolute atomic E-state index is 0.113. The van der Waals surface area contributed by atoms with Crippen molar-refractivity contribution in [3.63, 3.8) is 0 Å². The molecule has 0 bridgehead atoms. The Hall–Kier alpha value is -2.76. The number of nitrogens with one attached hydrogen (secondary N) is 1. The van der Waals surface area contributed by atoms with Crippen molar-refractivity contribution < 1.29 is 18.0 Å². The highest BCUT2D eigenvalue weighted by Gasteiger charge is 2.54. The van der Waals surface area contributed by atoms with Crippen molar-refractivity contribution >= 4 is 11.6 Å². The maximum atomic E-state index is 12.9. The number of rotatable bonds is 9. The molecule has 1 heterocycles. The van der Waals surface area contributed by atoms with E-state index >= 15 is 0 Å². The first-order chi connectivity index (χ1) is 15.3. The van der Waals surface area contributed by atoms with Gasteiger partial charge < -0.3 is 10.2 Å². The molecule has 6 heteroatoms. The first kappa shape index (κ1) is 23.9. The van der Waals surface area contributed by atoms with E-state index in [-0.39, 0.29) is 5.91 Å². The van der Waals surface area contributed by atoms with E-state index in [0.717, 1.165) is 37.6 Å². The summed E-state index contributed by atoms with van der Waals surface area (Å²) in [5, 5.41) is 2.94. The van der Waals surface area contributed by atoms with Gasteiger partial charge in [-0.15, -0.1) is 0 Å². The molecule has 3 rings (SSSR count). The number of anilines is 1. The van der Waals surface area contributed by atoms with Gasteiger partial charge >= 0.3 is 6.18 Å². The Morgan fingerprint density at radius 2 is 1.94 bits per heavy atom. The van der Waals surface area contributed by atoms with Crippen molar-refractivity contribution in [2.45, 2.75) is 32.9 Å². The second-order valence-electron chi connectivity index (χ2n) is 8.36. The molecule has 1 aliphatic heterocycles. The summed E-state index contributed by atoms with van der Waals surface area (Å²) in [7, 11) is 0. The number of hydrogen-bond acceptors (Lipinski definition) is 2. The molecule has 2 atom stereocenters. The molecule has 1 N–H and O–H groups in total. The molecule has 1 amide bonds. The third kappa shape index (κ3) is 6.38. The van der Waals surface area contributed by atoms with Crippen LogP contribution in [-0.2, 0) is 11.0 Å². The number of halogens is 3. The molecule has 3 nitrogen and oxygen atoms in total. The number of fused-ring (bicyclic) bond motifs is 1. The van der Waals surface area contributed by atoms with Gasteiger partial charge in [0.25, 0.3) is 0 Å². The van der Waals surface area contributed by atoms with Crippen molar-refractivity contribution in [3.8, 4) is 0 Å². The number of amides is 1. The third-order valence-corrected chi connectivity index (χ3v) is 6.14. The Morgan fingerprint density at radius 1 is 1.19 bits per heavy atom. The number of carbonyl (C=O) groups excluding carboxylic acids is 1. The van der Waals surface area contributed by atoms with E-state index in [1.54, 1.807) is 18.2 Å². The van der Waals surface area contributed by atoms with Crippen LogP contribution >= 0.6 is 0 Å². The Morgan fingerprint density at radius 3 is 2.59 bits per heavy atom. The molecule has 0 aromatic heterocycles. The van der Waals surface area contributed by atoms with Crippen molar-refractivity contribution in [1.29, 1.82) is 0 Å². The molecule has 1 aromatic rings. The molecule has 1 aromatic carbocycles. The Kier molecular flexibility index (Phi) is 7.99. The summed E-state index contributed by atoms with van der Waals surface area (Å²) < 4.78 is 38.8. The fraction of sp³-hybridized carbons (Fsp3) is 0.423. The summed E-state index contributed by atoms with van der Waals surface area (Å²) >= 11 is 0. The van der Waals surface area contributed by atoms with E-state index in [1.807, 2.05) is 42.2 Å². The SMILES string of the molecule is C\C=C/C=C(\C=C\CC)/C=C/C(=O)NCCC1C2CN(c3cccc(C(F)(F)F)c3)CC12. The highest BCUT2D eigenvalue weighted by atomic mass is 19.4. The van der Waals surface area contributed by atoms with Gasteiger partial charge in [0.2, 0.25) is 5.91 Å². The van der Waals surface area contributed by atoms with Crippen molar-refractivity contribution in [2.24, 2.45) is 17.8 Å². The quantitative estimate of drug-likeness (QED) is 0.379. The zero-order chi connectivity index (χ0) is 23.1. The van der Waals surface area contributed by atoms with Crippen LogP contribution in [0.15, 0.2) is 72.4 Å². The lowest BCUT2D eigenvalue weighted by atomic mass is 10.1. The summed E-state index contributed by atoms with van der Waals surface area (Å²) in [6.45, 7) is 6.19. The van der Waals surface area contributed by atoms with Crippen LogP contribution in [0.5, 0.6) is 0 Å². The summed E-state index contributed by atoms with van der Waals surface area (Å²) in [4.78, 5) is 14.2. The Bertz CT molecular complexity index is 902. The lowest BCUT2D eigenvalue weighted by molar-refractivity contribution is -0.137. The molecule has 32 heavy (non-hydrogen) atoms. The van der Waals surface area contributed by atoms with E-state index in [4.69, 9.17) is 0 Å². The zero-order valence-corrected chi connectivity index (χ0v) is 18.6. The van der Waals surface area contributed by atoms with Crippen molar-refractivity contribution in [1.82, 2.24) is 5.32 Å². The van der Waals surface area contributed by atoms with Gasteiger partial charge in [-0.2, -0.15) is 13.2 Å². The minimum Gasteiger partial charge on any atom is -0.371 e. The molecule has 1 saturated heterocycles. The summed E-state index contributed by atoms with van der Waals surface area (Å²) in [5.74, 6) is 1.44. The van der Waals surface area contributed by atoms with Crippen LogP contribution in [0.4, 0.5) is 18.9 Å². The zero-order valence-electron chi connectivity index (χ0n) is 18.6. The number of carbonyl (C=O) groups is 1. The van der Waals surface area contributed by atoms with Gasteiger partial charge in [0.05, 0.1) is 5.56 Å². The van der Waals surface area contributed by atoms with Crippen LogP contribution in [0.2, 0.25) is 0 Å². The lowest BCUT2D eigenvalue weighted by Gasteiger charge is -2.23. The molecular weight excluding hydrogens is 413 g/mol. The maximum absolute atomic E-state index is 12.9. The number of allylic oxidation sites excluding steroid dienone is 7. The van der Waals surface area contributed by atoms with Crippen LogP contribution < -0.4 is 10.2 Å². The summed E-state index contributed by atoms with van der Waals surface area (Å²) in [6, 6.07) is 5.57. The molecule has 2 fully saturated rings. The molecule has 2 unspecified atom stereocenters. The van der Waals surface area contributed by atoms with Crippen molar-refractivity contribution in [3.05, 3.63) is 77.9 Å². The van der Waals surface area contributed by atoms with Gasteiger partial charge in [0.1, 0.15) is 0 Å². The topological polar surface area (TPSA) is 32.3 Å². The monoisotopic (exact) mass is 444 g/mol. The summed E-state index contributed by atoms with van der Waals surface area (Å²) in [6.07, 6.45) is 10.8. The highest BCUT2D eigenvalue weighted by Crippen LogP contribution is 2.54. The van der Waals surface area contributed by atoms with Gasteiger partial charge in [-0.25, -0.2) is 0 Å². The van der Waals surface area contributed by atoms with Crippen LogP contribution in [-0.4, -0.2) is 25.5 Å². The van der Waals surface area contributed by atoms with E-state index in [9.17, 15) is 18.0 Å². The van der Waals surface area contributed by atoms with Crippen LogP contribution in [0.25, 0.3) is 0 Å². The number of nitrogens with zero attached hydrogens (tertiary/aromatic N) is 1. The standard InChI is InChI=1S/C26H31F3N2O/c1-3-5-8-19(9-6-4-2)12-13-25(32)30-15-14-22-23-17-31(18-24(22)23)21-11-7-10-20(16-21)26(27,28)29/h3,5-13,16,22-24H,4,14-15,17-18H2,1-2H3,(H,30,32)/b5-3-,9-6+,13-12+,19-8+.